The van der Waals surface area contributed by atoms with E-state index in [1.54, 1.807) is 6.07 Å². The van der Waals surface area contributed by atoms with Crippen LogP contribution in [0.4, 0.5) is 0 Å². The number of phenolic OH excluding ortho intramolecular Hbond substituents is 1. The predicted molar refractivity (Wildman–Crippen MR) is 114 cm³/mol. The van der Waals surface area contributed by atoms with Crippen LogP contribution in [0.5, 0.6) is 17.2 Å². The molecular formula is C24H33NO3. The van der Waals surface area contributed by atoms with Crippen LogP contribution in [-0.4, -0.2) is 24.9 Å². The summed E-state index contributed by atoms with van der Waals surface area (Å²) in [6, 6.07) is 12.4. The molecule has 2 aromatic carbocycles. The summed E-state index contributed by atoms with van der Waals surface area (Å²) in [6.45, 7) is 6.52. The van der Waals surface area contributed by atoms with E-state index in [0.29, 0.717) is 19.0 Å². The Bertz CT molecular complexity index is 754. The molecule has 0 bridgehead atoms. The van der Waals surface area contributed by atoms with Gasteiger partial charge in [-0.3, -0.25) is 0 Å². The Morgan fingerprint density at radius 3 is 2.54 bits per heavy atom. The highest BCUT2D eigenvalue weighted by atomic mass is 16.5. The third-order valence-corrected chi connectivity index (χ3v) is 5.32. The Labute approximate surface area is 168 Å². The van der Waals surface area contributed by atoms with Crippen molar-refractivity contribution in [1.29, 1.82) is 0 Å². The molecule has 1 saturated heterocycles. The van der Waals surface area contributed by atoms with E-state index in [9.17, 15) is 5.11 Å². The number of rotatable bonds is 10. The standard InChI is InChI=1S/C24H33NO3/c1-3-9-19-10-5-6-12-23(19)27-14-8-15-28-24-17-22(26)20(16-18(24)4-2)21-11-7-13-25-21/h5-6,10,12,16-17,21,25-26H,3-4,7-9,11,13-15H2,1-2H3. The quantitative estimate of drug-likeness (QED) is 0.555. The van der Waals surface area contributed by atoms with Crippen molar-refractivity contribution in [3.8, 4) is 17.2 Å². The highest BCUT2D eigenvalue weighted by molar-refractivity contribution is 5.47. The van der Waals surface area contributed by atoms with Crippen LogP contribution in [0.2, 0.25) is 0 Å². The molecule has 28 heavy (non-hydrogen) atoms. The average molecular weight is 384 g/mol. The maximum Gasteiger partial charge on any atom is 0.126 e. The van der Waals surface area contributed by atoms with E-state index in [2.05, 4.69) is 37.4 Å². The number of phenols is 1. The maximum absolute atomic E-state index is 10.5. The average Bonchev–Trinajstić information content (AvgIpc) is 3.24. The number of para-hydroxylation sites is 1. The summed E-state index contributed by atoms with van der Waals surface area (Å²) in [5.74, 6) is 2.09. The molecule has 0 saturated carbocycles. The summed E-state index contributed by atoms with van der Waals surface area (Å²) in [5.41, 5.74) is 3.41. The Morgan fingerprint density at radius 1 is 1.04 bits per heavy atom. The lowest BCUT2D eigenvalue weighted by Crippen LogP contribution is -2.13. The molecule has 0 amide bonds. The van der Waals surface area contributed by atoms with Crippen LogP contribution >= 0.6 is 0 Å². The fraction of sp³-hybridized carbons (Fsp3) is 0.500. The summed E-state index contributed by atoms with van der Waals surface area (Å²) in [7, 11) is 0. The first-order chi connectivity index (χ1) is 13.7. The van der Waals surface area contributed by atoms with Crippen LogP contribution in [0.15, 0.2) is 36.4 Å². The fourth-order valence-corrected chi connectivity index (χ4v) is 3.82. The van der Waals surface area contributed by atoms with Crippen molar-refractivity contribution in [2.75, 3.05) is 19.8 Å². The Kier molecular flexibility index (Phi) is 7.61. The first kappa shape index (κ1) is 20.5. The van der Waals surface area contributed by atoms with E-state index in [1.807, 2.05) is 12.1 Å². The zero-order valence-corrected chi connectivity index (χ0v) is 17.2. The molecule has 1 atom stereocenters. The van der Waals surface area contributed by atoms with Crippen LogP contribution in [0.1, 0.15) is 62.3 Å². The summed E-state index contributed by atoms with van der Waals surface area (Å²) in [6.07, 6.45) is 6.07. The third kappa shape index (κ3) is 5.20. The zero-order valence-electron chi connectivity index (χ0n) is 17.2. The smallest absolute Gasteiger partial charge is 0.126 e. The van der Waals surface area contributed by atoms with Crippen molar-refractivity contribution in [3.05, 3.63) is 53.1 Å². The molecule has 152 valence electrons. The molecule has 1 aliphatic rings. The number of hydrogen-bond donors (Lipinski definition) is 2. The van der Waals surface area contributed by atoms with Gasteiger partial charge in [0.05, 0.1) is 13.2 Å². The number of nitrogens with one attached hydrogen (secondary N) is 1. The highest BCUT2D eigenvalue weighted by Crippen LogP contribution is 2.35. The molecule has 0 aromatic heterocycles. The Balaban J connectivity index is 1.52. The van der Waals surface area contributed by atoms with Gasteiger partial charge in [0.15, 0.2) is 0 Å². The highest BCUT2D eigenvalue weighted by Gasteiger charge is 2.21. The first-order valence-corrected chi connectivity index (χ1v) is 10.7. The van der Waals surface area contributed by atoms with E-state index in [0.717, 1.165) is 67.7 Å². The van der Waals surface area contributed by atoms with Crippen LogP contribution in [0, 0.1) is 0 Å². The van der Waals surface area contributed by atoms with Crippen molar-refractivity contribution in [2.45, 2.75) is 58.4 Å². The fourth-order valence-electron chi connectivity index (χ4n) is 3.82. The molecular weight excluding hydrogens is 350 g/mol. The molecule has 4 nitrogen and oxygen atoms in total. The van der Waals surface area contributed by atoms with E-state index in [4.69, 9.17) is 9.47 Å². The summed E-state index contributed by atoms with van der Waals surface area (Å²) in [4.78, 5) is 0. The summed E-state index contributed by atoms with van der Waals surface area (Å²) < 4.78 is 11.9. The second-order valence-corrected chi connectivity index (χ2v) is 7.43. The molecule has 0 radical (unpaired) electrons. The normalized spacial score (nSPS) is 16.3. The van der Waals surface area contributed by atoms with Crippen LogP contribution < -0.4 is 14.8 Å². The number of aryl methyl sites for hydroxylation is 2. The molecule has 4 heteroatoms. The van der Waals surface area contributed by atoms with Gasteiger partial charge < -0.3 is 19.9 Å². The van der Waals surface area contributed by atoms with E-state index in [-0.39, 0.29) is 6.04 Å². The van der Waals surface area contributed by atoms with Gasteiger partial charge in [0.25, 0.3) is 0 Å². The molecule has 1 unspecified atom stereocenters. The second-order valence-electron chi connectivity index (χ2n) is 7.43. The van der Waals surface area contributed by atoms with Crippen molar-refractivity contribution in [2.24, 2.45) is 0 Å². The molecule has 3 rings (SSSR count). The van der Waals surface area contributed by atoms with E-state index in [1.165, 1.54) is 5.56 Å². The van der Waals surface area contributed by atoms with Gasteiger partial charge in [0, 0.05) is 24.1 Å². The Hall–Kier alpha value is -2.20. The number of ether oxygens (including phenoxy) is 2. The van der Waals surface area contributed by atoms with E-state index >= 15 is 0 Å². The minimum Gasteiger partial charge on any atom is -0.507 e. The van der Waals surface area contributed by atoms with Gasteiger partial charge in [-0.1, -0.05) is 38.5 Å². The molecule has 0 spiro atoms. The van der Waals surface area contributed by atoms with Crippen molar-refractivity contribution in [3.63, 3.8) is 0 Å². The molecule has 1 heterocycles. The van der Waals surface area contributed by atoms with Crippen molar-refractivity contribution in [1.82, 2.24) is 5.32 Å². The van der Waals surface area contributed by atoms with Crippen LogP contribution in [-0.2, 0) is 12.8 Å². The van der Waals surface area contributed by atoms with Gasteiger partial charge in [-0.05, 0) is 55.5 Å². The largest absolute Gasteiger partial charge is 0.507 e. The zero-order chi connectivity index (χ0) is 19.8. The topological polar surface area (TPSA) is 50.7 Å². The molecule has 1 fully saturated rings. The second kappa shape index (κ2) is 10.4. The maximum atomic E-state index is 10.5. The summed E-state index contributed by atoms with van der Waals surface area (Å²) in [5, 5.41) is 13.9. The van der Waals surface area contributed by atoms with Crippen LogP contribution in [0.3, 0.4) is 0 Å². The van der Waals surface area contributed by atoms with Crippen LogP contribution in [0.25, 0.3) is 0 Å². The van der Waals surface area contributed by atoms with Gasteiger partial charge in [-0.15, -0.1) is 0 Å². The lowest BCUT2D eigenvalue weighted by atomic mass is 9.99. The van der Waals surface area contributed by atoms with Gasteiger partial charge >= 0.3 is 0 Å². The minimum absolute atomic E-state index is 0.260. The monoisotopic (exact) mass is 383 g/mol. The van der Waals surface area contributed by atoms with Gasteiger partial charge in [0.2, 0.25) is 0 Å². The third-order valence-electron chi connectivity index (χ3n) is 5.32. The molecule has 0 aliphatic carbocycles. The number of hydrogen-bond acceptors (Lipinski definition) is 4. The Morgan fingerprint density at radius 2 is 1.82 bits per heavy atom. The van der Waals surface area contributed by atoms with Gasteiger partial charge in [-0.25, -0.2) is 0 Å². The first-order valence-electron chi connectivity index (χ1n) is 10.7. The number of benzene rings is 2. The van der Waals surface area contributed by atoms with Gasteiger partial charge in [-0.2, -0.15) is 0 Å². The lowest BCUT2D eigenvalue weighted by Gasteiger charge is -2.18. The van der Waals surface area contributed by atoms with Crippen molar-refractivity contribution >= 4 is 0 Å². The number of aromatic hydroxyl groups is 1. The molecule has 2 N–H and O–H groups in total. The van der Waals surface area contributed by atoms with E-state index < -0.39 is 0 Å². The molecule has 1 aliphatic heterocycles. The van der Waals surface area contributed by atoms with Gasteiger partial charge in [0.1, 0.15) is 17.2 Å². The minimum atomic E-state index is 0.260. The lowest BCUT2D eigenvalue weighted by molar-refractivity contribution is 0.244. The summed E-state index contributed by atoms with van der Waals surface area (Å²) >= 11 is 0. The SMILES string of the molecule is CCCc1ccccc1OCCCOc1cc(O)c(C2CCCN2)cc1CC. The predicted octanol–water partition coefficient (Wildman–Crippen LogP) is 5.18. The van der Waals surface area contributed by atoms with Crippen molar-refractivity contribution < 1.29 is 14.6 Å². The molecule has 2 aromatic rings.